The maximum atomic E-state index is 12.4. The number of carbonyl (C=O) groups excluding carboxylic acids is 1. The Bertz CT molecular complexity index is 965. The molecule has 1 amide bonds. The fraction of sp³-hybridized carbons (Fsp3) is 0.105. The van der Waals surface area contributed by atoms with Gasteiger partial charge in [-0.25, -0.2) is 4.68 Å². The predicted molar refractivity (Wildman–Crippen MR) is 98.6 cm³/mol. The van der Waals surface area contributed by atoms with E-state index in [9.17, 15) is 9.59 Å². The summed E-state index contributed by atoms with van der Waals surface area (Å²) in [6, 6.07) is 15.8. The molecule has 0 aliphatic heterocycles. The standard InChI is InChI=1S/C19H16ClN3O2/c1-2-13-6-8-15(9-7-13)21-19(25)18-17(24)10-11-23(22-18)16-5-3-4-14(20)12-16/h3-12H,2H2,1H3,(H,21,25). The van der Waals surface area contributed by atoms with Crippen LogP contribution in [0.1, 0.15) is 23.0 Å². The van der Waals surface area contributed by atoms with Gasteiger partial charge in [0.2, 0.25) is 5.43 Å². The molecule has 0 radical (unpaired) electrons. The first kappa shape index (κ1) is 16.9. The van der Waals surface area contributed by atoms with E-state index in [1.165, 1.54) is 22.5 Å². The molecule has 126 valence electrons. The molecular weight excluding hydrogens is 338 g/mol. The SMILES string of the molecule is CCc1ccc(NC(=O)c2nn(-c3cccc(Cl)c3)ccc2=O)cc1. The lowest BCUT2D eigenvalue weighted by molar-refractivity contribution is 0.101. The van der Waals surface area contributed by atoms with Crippen LogP contribution in [-0.4, -0.2) is 15.7 Å². The van der Waals surface area contributed by atoms with Crippen molar-refractivity contribution in [3.63, 3.8) is 0 Å². The second kappa shape index (κ2) is 7.32. The first-order valence-corrected chi connectivity index (χ1v) is 8.21. The highest BCUT2D eigenvalue weighted by atomic mass is 35.5. The number of aromatic nitrogens is 2. The molecule has 3 rings (SSSR count). The Balaban J connectivity index is 1.89. The summed E-state index contributed by atoms with van der Waals surface area (Å²) in [7, 11) is 0. The Morgan fingerprint density at radius 2 is 1.92 bits per heavy atom. The molecule has 5 nitrogen and oxygen atoms in total. The summed E-state index contributed by atoms with van der Waals surface area (Å²) in [5, 5.41) is 7.39. The molecule has 1 aromatic heterocycles. The van der Waals surface area contributed by atoms with Crippen molar-refractivity contribution in [2.45, 2.75) is 13.3 Å². The quantitative estimate of drug-likeness (QED) is 0.777. The molecule has 0 aliphatic carbocycles. The summed E-state index contributed by atoms with van der Waals surface area (Å²) in [6.45, 7) is 2.06. The molecule has 1 heterocycles. The van der Waals surface area contributed by atoms with Crippen molar-refractivity contribution < 1.29 is 4.79 Å². The summed E-state index contributed by atoms with van der Waals surface area (Å²) in [5.74, 6) is -0.550. The Morgan fingerprint density at radius 3 is 2.60 bits per heavy atom. The van der Waals surface area contributed by atoms with Gasteiger partial charge in [0.05, 0.1) is 5.69 Å². The van der Waals surface area contributed by atoms with E-state index < -0.39 is 11.3 Å². The van der Waals surface area contributed by atoms with E-state index in [1.807, 2.05) is 12.1 Å². The largest absolute Gasteiger partial charge is 0.320 e. The summed E-state index contributed by atoms with van der Waals surface area (Å²) in [5.41, 5.74) is 1.82. The summed E-state index contributed by atoms with van der Waals surface area (Å²) in [4.78, 5) is 24.5. The van der Waals surface area contributed by atoms with E-state index in [-0.39, 0.29) is 5.69 Å². The monoisotopic (exact) mass is 353 g/mol. The van der Waals surface area contributed by atoms with Crippen LogP contribution in [0.3, 0.4) is 0 Å². The zero-order valence-corrected chi connectivity index (χ0v) is 14.3. The molecule has 1 N–H and O–H groups in total. The molecule has 0 saturated carbocycles. The highest BCUT2D eigenvalue weighted by Crippen LogP contribution is 2.14. The van der Waals surface area contributed by atoms with E-state index in [1.54, 1.807) is 36.4 Å². The van der Waals surface area contributed by atoms with Crippen molar-refractivity contribution in [1.82, 2.24) is 9.78 Å². The average Bonchev–Trinajstić information content (AvgIpc) is 2.62. The molecule has 3 aromatic rings. The molecule has 0 atom stereocenters. The summed E-state index contributed by atoms with van der Waals surface area (Å²) in [6.07, 6.45) is 2.42. The van der Waals surface area contributed by atoms with Crippen molar-refractivity contribution in [3.05, 3.63) is 87.3 Å². The van der Waals surface area contributed by atoms with Crippen LogP contribution >= 0.6 is 11.6 Å². The fourth-order valence-electron chi connectivity index (χ4n) is 2.34. The summed E-state index contributed by atoms with van der Waals surface area (Å²) < 4.78 is 1.45. The summed E-state index contributed by atoms with van der Waals surface area (Å²) >= 11 is 5.98. The minimum absolute atomic E-state index is 0.179. The van der Waals surface area contributed by atoms with Gasteiger partial charge in [-0.3, -0.25) is 9.59 Å². The number of aryl methyl sites for hydroxylation is 1. The van der Waals surface area contributed by atoms with Crippen molar-refractivity contribution in [2.24, 2.45) is 0 Å². The minimum Gasteiger partial charge on any atom is -0.320 e. The number of nitrogens with zero attached hydrogens (tertiary/aromatic N) is 2. The second-order valence-electron chi connectivity index (χ2n) is 5.46. The predicted octanol–water partition coefficient (Wildman–Crippen LogP) is 3.70. The number of hydrogen-bond donors (Lipinski definition) is 1. The van der Waals surface area contributed by atoms with Crippen molar-refractivity contribution >= 4 is 23.2 Å². The smallest absolute Gasteiger partial charge is 0.280 e. The normalized spacial score (nSPS) is 10.5. The van der Waals surface area contributed by atoms with E-state index in [0.717, 1.165) is 6.42 Å². The third-order valence-corrected chi connectivity index (χ3v) is 3.95. The van der Waals surface area contributed by atoms with E-state index in [0.29, 0.717) is 16.4 Å². The lowest BCUT2D eigenvalue weighted by Crippen LogP contribution is -2.25. The molecule has 0 spiro atoms. The topological polar surface area (TPSA) is 64.0 Å². The highest BCUT2D eigenvalue weighted by molar-refractivity contribution is 6.30. The van der Waals surface area contributed by atoms with Crippen molar-refractivity contribution in [2.75, 3.05) is 5.32 Å². The molecule has 2 aromatic carbocycles. The molecular formula is C19H16ClN3O2. The Kier molecular flexibility index (Phi) is 4.95. The van der Waals surface area contributed by atoms with Crippen LogP contribution in [0.5, 0.6) is 0 Å². The van der Waals surface area contributed by atoms with Gasteiger partial charge in [-0.15, -0.1) is 0 Å². The van der Waals surface area contributed by atoms with Gasteiger partial charge in [0.1, 0.15) is 0 Å². The van der Waals surface area contributed by atoms with Crippen LogP contribution in [-0.2, 0) is 6.42 Å². The van der Waals surface area contributed by atoms with Crippen LogP contribution in [0.2, 0.25) is 5.02 Å². The Morgan fingerprint density at radius 1 is 1.16 bits per heavy atom. The van der Waals surface area contributed by atoms with Gasteiger partial charge in [-0.05, 0) is 42.3 Å². The van der Waals surface area contributed by atoms with Crippen LogP contribution in [0.15, 0.2) is 65.6 Å². The van der Waals surface area contributed by atoms with Gasteiger partial charge < -0.3 is 5.32 Å². The van der Waals surface area contributed by atoms with Gasteiger partial charge in [0.15, 0.2) is 5.69 Å². The van der Waals surface area contributed by atoms with Gasteiger partial charge in [-0.1, -0.05) is 36.7 Å². The fourth-order valence-corrected chi connectivity index (χ4v) is 2.53. The van der Waals surface area contributed by atoms with Gasteiger partial charge >= 0.3 is 0 Å². The van der Waals surface area contributed by atoms with E-state index in [4.69, 9.17) is 11.6 Å². The van der Waals surface area contributed by atoms with Crippen LogP contribution in [0.4, 0.5) is 5.69 Å². The van der Waals surface area contributed by atoms with E-state index >= 15 is 0 Å². The van der Waals surface area contributed by atoms with Crippen molar-refractivity contribution in [3.8, 4) is 5.69 Å². The first-order valence-electron chi connectivity index (χ1n) is 7.83. The number of rotatable bonds is 4. The maximum absolute atomic E-state index is 12.4. The Labute approximate surface area is 149 Å². The van der Waals surface area contributed by atoms with Crippen LogP contribution < -0.4 is 10.7 Å². The zero-order chi connectivity index (χ0) is 17.8. The molecule has 6 heteroatoms. The maximum Gasteiger partial charge on any atom is 0.280 e. The minimum atomic E-state index is -0.550. The third-order valence-electron chi connectivity index (χ3n) is 3.72. The van der Waals surface area contributed by atoms with Crippen LogP contribution in [0, 0.1) is 0 Å². The van der Waals surface area contributed by atoms with Crippen molar-refractivity contribution in [1.29, 1.82) is 0 Å². The number of hydrogen-bond acceptors (Lipinski definition) is 3. The Hall–Kier alpha value is -2.92. The molecule has 0 unspecified atom stereocenters. The zero-order valence-electron chi connectivity index (χ0n) is 13.6. The number of anilines is 1. The second-order valence-corrected chi connectivity index (χ2v) is 5.89. The highest BCUT2D eigenvalue weighted by Gasteiger charge is 2.14. The van der Waals surface area contributed by atoms with Gasteiger partial charge in [0, 0.05) is 23.0 Å². The molecule has 0 aliphatic rings. The average molecular weight is 354 g/mol. The first-order chi connectivity index (χ1) is 12.1. The number of halogens is 1. The number of benzene rings is 2. The number of nitrogens with one attached hydrogen (secondary N) is 1. The van der Waals surface area contributed by atoms with Gasteiger partial charge in [0.25, 0.3) is 5.91 Å². The molecule has 0 bridgehead atoms. The molecule has 0 fully saturated rings. The molecule has 0 saturated heterocycles. The lowest BCUT2D eigenvalue weighted by Gasteiger charge is -2.09. The van der Waals surface area contributed by atoms with Gasteiger partial charge in [-0.2, -0.15) is 5.10 Å². The third kappa shape index (κ3) is 3.95. The molecule has 25 heavy (non-hydrogen) atoms. The van der Waals surface area contributed by atoms with Crippen LogP contribution in [0.25, 0.3) is 5.69 Å². The number of carbonyl (C=O) groups is 1. The lowest BCUT2D eigenvalue weighted by atomic mass is 10.1. The van der Waals surface area contributed by atoms with E-state index in [2.05, 4.69) is 17.3 Å². The number of amides is 1.